The Labute approximate surface area is 69.5 Å². The highest BCUT2D eigenvalue weighted by Crippen LogP contribution is 2.57. The van der Waals surface area contributed by atoms with Crippen LogP contribution in [0.25, 0.3) is 0 Å². The van der Waals surface area contributed by atoms with Crippen LogP contribution in [-0.4, -0.2) is 5.25 Å². The molecule has 2 aliphatic rings. The van der Waals surface area contributed by atoms with E-state index >= 15 is 0 Å². The van der Waals surface area contributed by atoms with Crippen molar-refractivity contribution in [2.75, 3.05) is 0 Å². The Morgan fingerprint density at radius 1 is 1.60 bits per heavy atom. The maximum Gasteiger partial charge on any atom is 0.0475 e. The first kappa shape index (κ1) is 6.86. The molecule has 0 aromatic carbocycles. The first-order valence-electron chi connectivity index (χ1n) is 3.60. The van der Waals surface area contributed by atoms with Crippen LogP contribution in [0.4, 0.5) is 0 Å². The average Bonchev–Trinajstić information content (AvgIpc) is 1.91. The zero-order valence-electron chi connectivity index (χ0n) is 5.80. The van der Waals surface area contributed by atoms with Crippen molar-refractivity contribution >= 4 is 21.6 Å². The van der Waals surface area contributed by atoms with Gasteiger partial charge < -0.3 is 0 Å². The molecular formula is C8H10S2. The van der Waals surface area contributed by atoms with E-state index in [1.54, 1.807) is 4.91 Å². The summed E-state index contributed by atoms with van der Waals surface area (Å²) in [5.41, 5.74) is 1.51. The lowest BCUT2D eigenvalue weighted by Gasteiger charge is -2.33. The Morgan fingerprint density at radius 3 is 3.00 bits per heavy atom. The molecule has 0 aromatic rings. The maximum atomic E-state index is 3.82. The summed E-state index contributed by atoms with van der Waals surface area (Å²) in [7, 11) is 3.97. The minimum Gasteiger partial charge on any atom is -0.0988 e. The van der Waals surface area contributed by atoms with E-state index in [0.717, 1.165) is 5.25 Å². The highest BCUT2D eigenvalue weighted by atomic mass is 33.1. The Hall–Kier alpha value is 0.180. The number of allylic oxidation sites excluding steroid dienone is 2. The topological polar surface area (TPSA) is 0 Å². The van der Waals surface area contributed by atoms with Crippen molar-refractivity contribution in [1.82, 2.24) is 0 Å². The van der Waals surface area contributed by atoms with Gasteiger partial charge in [0.25, 0.3) is 0 Å². The van der Waals surface area contributed by atoms with Gasteiger partial charge >= 0.3 is 0 Å². The van der Waals surface area contributed by atoms with Gasteiger partial charge in [0.05, 0.1) is 0 Å². The lowest BCUT2D eigenvalue weighted by atomic mass is 9.99. The summed E-state index contributed by atoms with van der Waals surface area (Å²) >= 11 is 0. The van der Waals surface area contributed by atoms with E-state index < -0.39 is 0 Å². The predicted octanol–water partition coefficient (Wildman–Crippen LogP) is 3.37. The molecule has 1 atom stereocenters. The molecule has 1 aliphatic heterocycles. The van der Waals surface area contributed by atoms with E-state index in [1.807, 2.05) is 27.7 Å². The van der Waals surface area contributed by atoms with Crippen molar-refractivity contribution in [1.29, 1.82) is 0 Å². The van der Waals surface area contributed by atoms with Crippen LogP contribution >= 0.6 is 21.6 Å². The molecule has 0 aromatic heterocycles. The molecule has 54 valence electrons. The van der Waals surface area contributed by atoms with Crippen molar-refractivity contribution < 1.29 is 0 Å². The van der Waals surface area contributed by atoms with Gasteiger partial charge in [-0.3, -0.25) is 0 Å². The third-order valence-corrected chi connectivity index (χ3v) is 5.22. The molecule has 10 heavy (non-hydrogen) atoms. The fourth-order valence-corrected chi connectivity index (χ4v) is 4.16. The first-order chi connectivity index (χ1) is 4.92. The molecule has 0 radical (unpaired) electrons. The van der Waals surface area contributed by atoms with Crippen LogP contribution in [0, 0.1) is 0 Å². The zero-order chi connectivity index (χ0) is 6.97. The fraction of sp³-hybridized carbons (Fsp3) is 0.500. The van der Waals surface area contributed by atoms with Crippen LogP contribution in [0.3, 0.4) is 0 Å². The number of hydrogen-bond acceptors (Lipinski definition) is 2. The summed E-state index contributed by atoms with van der Waals surface area (Å²) in [4.78, 5) is 1.62. The lowest BCUT2D eigenvalue weighted by Crippen LogP contribution is -2.16. The standard InChI is InChI=1S/C8H10S2/c1-2-6-4-3-5-7-8(6)10-9-7/h2,7H,1,3-5H2. The van der Waals surface area contributed by atoms with E-state index in [0.29, 0.717) is 0 Å². The van der Waals surface area contributed by atoms with E-state index in [4.69, 9.17) is 0 Å². The summed E-state index contributed by atoms with van der Waals surface area (Å²) in [6, 6.07) is 0. The molecule has 1 aliphatic carbocycles. The second-order valence-electron chi connectivity index (χ2n) is 2.65. The largest absolute Gasteiger partial charge is 0.0988 e. The van der Waals surface area contributed by atoms with Gasteiger partial charge in [-0.05, 0) is 24.8 Å². The van der Waals surface area contributed by atoms with Gasteiger partial charge in [-0.1, -0.05) is 34.2 Å². The molecule has 0 saturated carbocycles. The quantitative estimate of drug-likeness (QED) is 0.553. The Balaban J connectivity index is 2.25. The molecule has 0 bridgehead atoms. The monoisotopic (exact) mass is 170 g/mol. The van der Waals surface area contributed by atoms with E-state index in [1.165, 1.54) is 24.8 Å². The van der Waals surface area contributed by atoms with Gasteiger partial charge in [0, 0.05) is 10.2 Å². The second-order valence-corrected chi connectivity index (χ2v) is 5.10. The predicted molar refractivity (Wildman–Crippen MR) is 50.0 cm³/mol. The second kappa shape index (κ2) is 2.67. The normalized spacial score (nSPS) is 31.0. The van der Waals surface area contributed by atoms with Gasteiger partial charge in [0.2, 0.25) is 0 Å². The molecule has 2 rings (SSSR count). The molecular weight excluding hydrogens is 160 g/mol. The molecule has 1 fully saturated rings. The van der Waals surface area contributed by atoms with E-state index in [-0.39, 0.29) is 0 Å². The van der Waals surface area contributed by atoms with Crippen molar-refractivity contribution in [2.24, 2.45) is 0 Å². The smallest absolute Gasteiger partial charge is 0.0475 e. The highest BCUT2D eigenvalue weighted by molar-refractivity contribution is 8.81. The molecule has 0 nitrogen and oxygen atoms in total. The zero-order valence-corrected chi connectivity index (χ0v) is 7.43. The van der Waals surface area contributed by atoms with E-state index in [2.05, 4.69) is 6.58 Å². The van der Waals surface area contributed by atoms with E-state index in [9.17, 15) is 0 Å². The van der Waals surface area contributed by atoms with Crippen LogP contribution < -0.4 is 0 Å². The molecule has 0 spiro atoms. The summed E-state index contributed by atoms with van der Waals surface area (Å²) in [5, 5.41) is 0.853. The van der Waals surface area contributed by atoms with Gasteiger partial charge in [0.15, 0.2) is 0 Å². The Bertz CT molecular complexity index is 193. The molecule has 1 saturated heterocycles. The van der Waals surface area contributed by atoms with Crippen LogP contribution in [0.15, 0.2) is 23.1 Å². The van der Waals surface area contributed by atoms with Crippen molar-refractivity contribution in [3.05, 3.63) is 23.1 Å². The summed E-state index contributed by atoms with van der Waals surface area (Å²) in [5.74, 6) is 0. The molecule has 2 heteroatoms. The number of rotatable bonds is 1. The first-order valence-corrected chi connectivity index (χ1v) is 5.82. The van der Waals surface area contributed by atoms with Crippen molar-refractivity contribution in [3.63, 3.8) is 0 Å². The maximum absolute atomic E-state index is 3.82. The lowest BCUT2D eigenvalue weighted by molar-refractivity contribution is 0.715. The third-order valence-electron chi connectivity index (χ3n) is 2.02. The third kappa shape index (κ3) is 0.940. The molecule has 1 heterocycles. The Morgan fingerprint density at radius 2 is 2.50 bits per heavy atom. The Kier molecular flexibility index (Phi) is 1.83. The molecule has 0 N–H and O–H groups in total. The van der Waals surface area contributed by atoms with Gasteiger partial charge in [-0.2, -0.15) is 0 Å². The average molecular weight is 170 g/mol. The SMILES string of the molecule is C=CC1=C2SSC2CCC1. The van der Waals surface area contributed by atoms with Crippen LogP contribution in [-0.2, 0) is 0 Å². The van der Waals surface area contributed by atoms with Gasteiger partial charge in [-0.25, -0.2) is 0 Å². The number of fused-ring (bicyclic) bond motifs is 1. The van der Waals surface area contributed by atoms with Crippen LogP contribution in [0.1, 0.15) is 19.3 Å². The summed E-state index contributed by atoms with van der Waals surface area (Å²) < 4.78 is 0. The van der Waals surface area contributed by atoms with Crippen molar-refractivity contribution in [2.45, 2.75) is 24.5 Å². The van der Waals surface area contributed by atoms with Gasteiger partial charge in [0.1, 0.15) is 0 Å². The summed E-state index contributed by atoms with van der Waals surface area (Å²) in [6.45, 7) is 3.82. The van der Waals surface area contributed by atoms with Gasteiger partial charge in [-0.15, -0.1) is 0 Å². The number of hydrogen-bond donors (Lipinski definition) is 0. The summed E-state index contributed by atoms with van der Waals surface area (Å²) in [6.07, 6.45) is 6.06. The minimum absolute atomic E-state index is 0.853. The van der Waals surface area contributed by atoms with Crippen LogP contribution in [0.2, 0.25) is 0 Å². The van der Waals surface area contributed by atoms with Crippen molar-refractivity contribution in [3.8, 4) is 0 Å². The van der Waals surface area contributed by atoms with Crippen LogP contribution in [0.5, 0.6) is 0 Å². The molecule has 0 amide bonds. The molecule has 1 unspecified atom stereocenters. The highest BCUT2D eigenvalue weighted by Gasteiger charge is 2.31. The minimum atomic E-state index is 0.853. The fourth-order valence-electron chi connectivity index (χ4n) is 1.41.